The summed E-state index contributed by atoms with van der Waals surface area (Å²) in [5, 5.41) is 0. The second-order valence-electron chi connectivity index (χ2n) is 11.7. The summed E-state index contributed by atoms with van der Waals surface area (Å²) in [4.78, 5) is 0. The van der Waals surface area contributed by atoms with Crippen LogP contribution in [-0.4, -0.2) is 30.7 Å². The average molecular weight is 561 g/mol. The van der Waals surface area contributed by atoms with Crippen LogP contribution >= 0.6 is 0 Å². The lowest BCUT2D eigenvalue weighted by atomic mass is 10.0. The minimum Gasteiger partial charge on any atom is -1.00 e. The Morgan fingerprint density at radius 1 is 0.257 bits per heavy atom. The predicted octanol–water partition coefficient (Wildman–Crippen LogP) is 8.64. The molecule has 0 aromatic carbocycles. The largest absolute Gasteiger partial charge is 1.00 e. The van der Waals surface area contributed by atoms with E-state index in [-0.39, 0.29) is 17.0 Å². The van der Waals surface area contributed by atoms with Crippen molar-refractivity contribution in [2.45, 2.75) is 188 Å². The Hall–Kier alpha value is 0.440. The molecule has 0 aliphatic rings. The van der Waals surface area contributed by atoms with E-state index in [1.165, 1.54) is 191 Å². The smallest absolute Gasteiger partial charge is 0.0786 e. The number of hydrogen-bond donors (Lipinski definition) is 0. The molecule has 0 aliphatic heterocycles. The van der Waals surface area contributed by atoms with Gasteiger partial charge in [-0.25, -0.2) is 0 Å². The maximum Gasteiger partial charge on any atom is 0.0786 e. The molecule has 0 saturated carbocycles. The van der Waals surface area contributed by atoms with E-state index in [1.807, 2.05) is 0 Å². The van der Waals surface area contributed by atoms with Crippen LogP contribution in [-0.2, 0) is 0 Å². The molecular weight excluding hydrogens is 490 g/mol. The molecule has 0 spiro atoms. The van der Waals surface area contributed by atoms with Crippen molar-refractivity contribution in [2.75, 3.05) is 26.2 Å². The molecule has 214 valence electrons. The third-order valence-corrected chi connectivity index (χ3v) is 8.08. The molecular formula is C33H70BrN. The summed E-state index contributed by atoms with van der Waals surface area (Å²) in [7, 11) is 0. The Morgan fingerprint density at radius 2 is 0.486 bits per heavy atom. The van der Waals surface area contributed by atoms with E-state index in [4.69, 9.17) is 0 Å². The monoisotopic (exact) mass is 559 g/mol. The molecule has 0 N–H and O–H groups in total. The summed E-state index contributed by atoms with van der Waals surface area (Å²) in [5.41, 5.74) is 0. The first-order valence-electron chi connectivity index (χ1n) is 16.6. The van der Waals surface area contributed by atoms with Gasteiger partial charge in [-0.15, -0.1) is 0 Å². The Bertz CT molecular complexity index is 353. The Balaban J connectivity index is 0. The van der Waals surface area contributed by atoms with Crippen LogP contribution in [0.5, 0.6) is 0 Å². The summed E-state index contributed by atoms with van der Waals surface area (Å²) in [6.07, 6.45) is 36.5. The maximum absolute atomic E-state index is 2.37. The summed E-state index contributed by atoms with van der Waals surface area (Å²) in [6, 6.07) is 0. The van der Waals surface area contributed by atoms with E-state index in [0.717, 1.165) is 0 Å². The van der Waals surface area contributed by atoms with Gasteiger partial charge in [-0.3, -0.25) is 0 Å². The van der Waals surface area contributed by atoms with Crippen molar-refractivity contribution in [3.8, 4) is 0 Å². The molecule has 0 saturated heterocycles. The van der Waals surface area contributed by atoms with Crippen molar-refractivity contribution in [1.29, 1.82) is 0 Å². The Morgan fingerprint density at radius 3 is 0.714 bits per heavy atom. The van der Waals surface area contributed by atoms with Gasteiger partial charge in [0.1, 0.15) is 0 Å². The van der Waals surface area contributed by atoms with E-state index in [0.29, 0.717) is 0 Å². The van der Waals surface area contributed by atoms with Gasteiger partial charge >= 0.3 is 0 Å². The normalized spacial score (nSPS) is 11.7. The molecule has 0 heterocycles. The van der Waals surface area contributed by atoms with Crippen molar-refractivity contribution in [3.63, 3.8) is 0 Å². The van der Waals surface area contributed by atoms with Gasteiger partial charge in [0.2, 0.25) is 0 Å². The van der Waals surface area contributed by atoms with Gasteiger partial charge in [-0.1, -0.05) is 156 Å². The summed E-state index contributed by atoms with van der Waals surface area (Å²) in [5.74, 6) is 0. The summed E-state index contributed by atoms with van der Waals surface area (Å²) >= 11 is 0. The molecule has 0 atom stereocenters. The van der Waals surface area contributed by atoms with Gasteiger partial charge < -0.3 is 21.5 Å². The zero-order valence-corrected chi connectivity index (χ0v) is 26.9. The fraction of sp³-hybridized carbons (Fsp3) is 1.00. The van der Waals surface area contributed by atoms with E-state index in [1.54, 1.807) is 0 Å². The first-order chi connectivity index (χ1) is 16.7. The molecule has 0 rings (SSSR count). The van der Waals surface area contributed by atoms with Crippen LogP contribution in [0, 0.1) is 0 Å². The number of unbranched alkanes of at least 4 members (excludes halogenated alkanes) is 21. The highest BCUT2D eigenvalue weighted by Gasteiger charge is 2.23. The van der Waals surface area contributed by atoms with Crippen LogP contribution < -0.4 is 17.0 Å². The van der Waals surface area contributed by atoms with Crippen molar-refractivity contribution >= 4 is 0 Å². The van der Waals surface area contributed by atoms with Gasteiger partial charge in [0.05, 0.1) is 26.2 Å². The second kappa shape index (κ2) is 30.7. The van der Waals surface area contributed by atoms with Crippen LogP contribution in [0.4, 0.5) is 0 Å². The van der Waals surface area contributed by atoms with Gasteiger partial charge in [-0.05, 0) is 32.1 Å². The van der Waals surface area contributed by atoms with Crippen molar-refractivity contribution < 1.29 is 21.5 Å². The molecule has 35 heavy (non-hydrogen) atoms. The van der Waals surface area contributed by atoms with E-state index in [2.05, 4.69) is 27.7 Å². The van der Waals surface area contributed by atoms with E-state index >= 15 is 0 Å². The topological polar surface area (TPSA) is 0 Å². The van der Waals surface area contributed by atoms with Crippen molar-refractivity contribution in [2.24, 2.45) is 0 Å². The number of halogens is 1. The van der Waals surface area contributed by atoms with Crippen LogP contribution in [0.25, 0.3) is 0 Å². The quantitative estimate of drug-likeness (QED) is 0.0634. The number of nitrogens with zero attached hydrogens (tertiary/aromatic N) is 1. The number of hydrogen-bond acceptors (Lipinski definition) is 0. The average Bonchev–Trinajstić information content (AvgIpc) is 2.83. The number of quaternary nitrogens is 1. The van der Waals surface area contributed by atoms with Crippen LogP contribution in [0.1, 0.15) is 188 Å². The minimum atomic E-state index is 0. The van der Waals surface area contributed by atoms with Crippen LogP contribution in [0.2, 0.25) is 0 Å². The molecule has 0 fully saturated rings. The maximum atomic E-state index is 2.37. The van der Waals surface area contributed by atoms with Gasteiger partial charge in [0, 0.05) is 0 Å². The van der Waals surface area contributed by atoms with Gasteiger partial charge in [0.25, 0.3) is 0 Å². The van der Waals surface area contributed by atoms with Crippen LogP contribution in [0.3, 0.4) is 0 Å². The molecule has 0 unspecified atom stereocenters. The molecule has 1 nitrogen and oxygen atoms in total. The van der Waals surface area contributed by atoms with Gasteiger partial charge in [-0.2, -0.15) is 0 Å². The molecule has 0 bridgehead atoms. The van der Waals surface area contributed by atoms with Crippen molar-refractivity contribution in [1.82, 2.24) is 0 Å². The lowest BCUT2D eigenvalue weighted by Gasteiger charge is -2.38. The third kappa shape index (κ3) is 25.9. The standard InChI is InChI=1S/C33H70N.BrH/c1-5-9-10-11-12-13-14-15-16-17-18-19-20-21-22-23-24-25-26-27-28-29-33-34(30-6-2,31-7-3)32-8-4;/h5-33H2,1-4H3;1H/q+1;/p-1. The summed E-state index contributed by atoms with van der Waals surface area (Å²) in [6.45, 7) is 15.1. The molecule has 0 aliphatic carbocycles. The highest BCUT2D eigenvalue weighted by molar-refractivity contribution is 4.52. The van der Waals surface area contributed by atoms with Crippen LogP contribution in [0.15, 0.2) is 0 Å². The SMILES string of the molecule is CCCCCCCCCCCCCCCCCCCCCCCC[N+](CCC)(CCC)CCC.[Br-]. The Labute approximate surface area is 235 Å². The molecule has 0 aromatic rings. The number of rotatable bonds is 29. The highest BCUT2D eigenvalue weighted by atomic mass is 79.9. The molecule has 0 amide bonds. The fourth-order valence-corrected chi connectivity index (χ4v) is 6.15. The lowest BCUT2D eigenvalue weighted by molar-refractivity contribution is -0.928. The first-order valence-corrected chi connectivity index (χ1v) is 16.6. The predicted molar refractivity (Wildman–Crippen MR) is 158 cm³/mol. The minimum absolute atomic E-state index is 0. The van der Waals surface area contributed by atoms with Gasteiger partial charge in [0.15, 0.2) is 0 Å². The highest BCUT2D eigenvalue weighted by Crippen LogP contribution is 2.17. The van der Waals surface area contributed by atoms with E-state index < -0.39 is 0 Å². The Kier molecular flexibility index (Phi) is 32.9. The lowest BCUT2D eigenvalue weighted by Crippen LogP contribution is -3.00. The van der Waals surface area contributed by atoms with E-state index in [9.17, 15) is 0 Å². The molecule has 0 aromatic heterocycles. The molecule has 0 radical (unpaired) electrons. The zero-order valence-electron chi connectivity index (χ0n) is 25.3. The summed E-state index contributed by atoms with van der Waals surface area (Å²) < 4.78 is 1.41. The second-order valence-corrected chi connectivity index (χ2v) is 11.7. The molecule has 2 heteroatoms. The van der Waals surface area contributed by atoms with Crippen molar-refractivity contribution in [3.05, 3.63) is 0 Å². The fourth-order valence-electron chi connectivity index (χ4n) is 6.15. The third-order valence-electron chi connectivity index (χ3n) is 8.08. The zero-order chi connectivity index (χ0) is 25.0. The first kappa shape index (κ1) is 37.6.